The smallest absolute Gasteiger partial charge is 0.309 e. The van der Waals surface area contributed by atoms with E-state index < -0.39 is 29.0 Å². The average Bonchev–Trinajstić information content (AvgIpc) is 3.85. The van der Waals surface area contributed by atoms with Crippen LogP contribution in [0.25, 0.3) is 99.5 Å². The van der Waals surface area contributed by atoms with E-state index in [0.717, 1.165) is 83.1 Å². The van der Waals surface area contributed by atoms with E-state index in [2.05, 4.69) is 36.4 Å². The van der Waals surface area contributed by atoms with Gasteiger partial charge in [-0.25, -0.2) is 0 Å². The van der Waals surface area contributed by atoms with Crippen LogP contribution in [0.5, 0.6) is 0 Å². The molecule has 68 heavy (non-hydrogen) atoms. The molecule has 9 aromatic carbocycles. The van der Waals surface area contributed by atoms with Crippen molar-refractivity contribution in [2.75, 3.05) is 0 Å². The van der Waals surface area contributed by atoms with E-state index in [-0.39, 0.29) is 5.56 Å². The van der Waals surface area contributed by atoms with Gasteiger partial charge in [0.15, 0.2) is 0 Å². The first kappa shape index (κ1) is 42.3. The number of aromatic nitrogens is 2. The van der Waals surface area contributed by atoms with Crippen molar-refractivity contribution >= 4 is 43.6 Å². The Balaban J connectivity index is 1.25. The molecular weight excluding hydrogens is 865 g/mol. The molecule has 0 aliphatic heterocycles. The SMILES string of the molecule is Cc1cccc(-c2ccc3c(c2)c2ccccc2n3-c2ccc(-c3c(C(F)(F)F)cccc3C(F)(F)F)cc2-c2ccc(C#N)cc2-n2c3ccccc3c3cc(-c4cccc(C)c4)ccc32)c1. The molecule has 0 saturated carbocycles. The first-order valence-corrected chi connectivity index (χ1v) is 21.9. The minimum absolute atomic E-state index is 0.271. The van der Waals surface area contributed by atoms with Crippen LogP contribution in [0.4, 0.5) is 26.3 Å². The van der Waals surface area contributed by atoms with Gasteiger partial charge in [-0.1, -0.05) is 126 Å². The lowest BCUT2D eigenvalue weighted by atomic mass is 9.90. The van der Waals surface area contributed by atoms with Crippen LogP contribution in [0, 0.1) is 25.2 Å². The lowest BCUT2D eigenvalue weighted by Gasteiger charge is -2.22. The van der Waals surface area contributed by atoms with Gasteiger partial charge in [0, 0.05) is 38.2 Å². The molecule has 330 valence electrons. The number of nitriles is 1. The summed E-state index contributed by atoms with van der Waals surface area (Å²) in [5, 5.41) is 14.1. The van der Waals surface area contributed by atoms with Gasteiger partial charge in [0.2, 0.25) is 0 Å². The third kappa shape index (κ3) is 7.08. The number of fused-ring (bicyclic) bond motifs is 6. The molecule has 0 radical (unpaired) electrons. The molecule has 9 heteroatoms. The number of para-hydroxylation sites is 2. The van der Waals surface area contributed by atoms with Crippen LogP contribution in [-0.4, -0.2) is 9.13 Å². The number of hydrogen-bond acceptors (Lipinski definition) is 1. The Labute approximate surface area is 387 Å². The van der Waals surface area contributed by atoms with Gasteiger partial charge in [-0.3, -0.25) is 0 Å². The molecule has 11 rings (SSSR count). The Bertz CT molecular complexity index is 3850. The second kappa shape index (κ2) is 15.9. The number of benzene rings is 9. The lowest BCUT2D eigenvalue weighted by molar-refractivity contribution is -0.142. The maximum absolute atomic E-state index is 14.9. The lowest BCUT2D eigenvalue weighted by Crippen LogP contribution is -2.14. The summed E-state index contributed by atoms with van der Waals surface area (Å²) < 4.78 is 93.7. The van der Waals surface area contributed by atoms with Crippen molar-refractivity contribution in [1.82, 2.24) is 9.13 Å². The number of aryl methyl sites for hydroxylation is 2. The van der Waals surface area contributed by atoms with Gasteiger partial charge in [0.05, 0.1) is 56.2 Å². The minimum Gasteiger partial charge on any atom is -0.309 e. The number of hydrogen-bond donors (Lipinski definition) is 0. The molecule has 0 aliphatic rings. The van der Waals surface area contributed by atoms with Crippen LogP contribution >= 0.6 is 0 Å². The Morgan fingerprint density at radius 3 is 1.37 bits per heavy atom. The molecule has 0 aliphatic carbocycles. The van der Waals surface area contributed by atoms with Crippen molar-refractivity contribution in [3.8, 4) is 62.0 Å². The molecule has 0 amide bonds. The fourth-order valence-corrected chi connectivity index (χ4v) is 9.93. The van der Waals surface area contributed by atoms with Gasteiger partial charge >= 0.3 is 12.4 Å². The zero-order valence-electron chi connectivity index (χ0n) is 36.5. The summed E-state index contributed by atoms with van der Waals surface area (Å²) in [7, 11) is 0. The molecule has 0 unspecified atom stereocenters. The second-order valence-electron chi connectivity index (χ2n) is 17.2. The molecule has 0 saturated heterocycles. The molecule has 2 heterocycles. The fraction of sp³-hybridized carbons (Fsp3) is 0.0678. The van der Waals surface area contributed by atoms with Crippen molar-refractivity contribution in [3.63, 3.8) is 0 Å². The number of rotatable bonds is 6. The van der Waals surface area contributed by atoms with Gasteiger partial charge in [-0.05, 0) is 114 Å². The fourth-order valence-electron chi connectivity index (χ4n) is 9.93. The highest BCUT2D eigenvalue weighted by Crippen LogP contribution is 2.48. The predicted octanol–water partition coefficient (Wildman–Crippen LogP) is 17.1. The summed E-state index contributed by atoms with van der Waals surface area (Å²) >= 11 is 0. The van der Waals surface area contributed by atoms with E-state index in [1.807, 2.05) is 126 Å². The van der Waals surface area contributed by atoms with Crippen molar-refractivity contribution in [2.24, 2.45) is 0 Å². The third-order valence-electron chi connectivity index (χ3n) is 12.9. The van der Waals surface area contributed by atoms with Gasteiger partial charge in [0.25, 0.3) is 0 Å². The number of alkyl halides is 6. The standard InChI is InChI=1S/C59H37F6N3/c1-35-10-7-12-38(28-35)40-21-25-53-46(31-40)43-14-3-5-18-51(43)67(53)54-27-23-42(57-49(58(60,61)62)16-9-17-50(57)59(63,64)65)33-48(54)45-24-20-37(34-66)30-56(45)68-52-19-6-4-15-44(52)47-32-41(22-26-55(47)68)39-13-8-11-36(2)29-39/h3-33H,1-2H3. The highest BCUT2D eigenvalue weighted by Gasteiger charge is 2.41. The average molecular weight is 902 g/mol. The zero-order chi connectivity index (χ0) is 47.1. The summed E-state index contributed by atoms with van der Waals surface area (Å²) in [6.45, 7) is 4.07. The summed E-state index contributed by atoms with van der Waals surface area (Å²) in [6, 6.07) is 58.3. The molecule has 0 atom stereocenters. The van der Waals surface area contributed by atoms with Crippen LogP contribution in [0.15, 0.2) is 188 Å². The Morgan fingerprint density at radius 1 is 0.382 bits per heavy atom. The Kier molecular flexibility index (Phi) is 9.90. The predicted molar refractivity (Wildman–Crippen MR) is 261 cm³/mol. The molecule has 0 fully saturated rings. The molecular formula is C59H37F6N3. The largest absolute Gasteiger partial charge is 0.417 e. The third-order valence-corrected chi connectivity index (χ3v) is 12.9. The Hall–Kier alpha value is -8.35. The highest BCUT2D eigenvalue weighted by molar-refractivity contribution is 6.13. The van der Waals surface area contributed by atoms with Crippen molar-refractivity contribution in [2.45, 2.75) is 26.2 Å². The molecule has 11 aromatic rings. The molecule has 0 N–H and O–H groups in total. The molecule has 2 aromatic heterocycles. The van der Waals surface area contributed by atoms with Gasteiger partial charge < -0.3 is 9.13 Å². The van der Waals surface area contributed by atoms with E-state index in [1.54, 1.807) is 24.3 Å². The zero-order valence-corrected chi connectivity index (χ0v) is 36.5. The normalized spacial score (nSPS) is 12.1. The van der Waals surface area contributed by atoms with Crippen LogP contribution in [-0.2, 0) is 12.4 Å². The van der Waals surface area contributed by atoms with Gasteiger partial charge in [-0.2, -0.15) is 31.6 Å². The first-order valence-electron chi connectivity index (χ1n) is 21.9. The van der Waals surface area contributed by atoms with Crippen LogP contribution in [0.2, 0.25) is 0 Å². The molecule has 3 nitrogen and oxygen atoms in total. The van der Waals surface area contributed by atoms with Crippen molar-refractivity contribution in [3.05, 3.63) is 216 Å². The summed E-state index contributed by atoms with van der Waals surface area (Å²) in [4.78, 5) is 0. The van der Waals surface area contributed by atoms with Crippen molar-refractivity contribution in [1.29, 1.82) is 5.26 Å². The molecule has 0 bridgehead atoms. The van der Waals surface area contributed by atoms with Crippen molar-refractivity contribution < 1.29 is 26.3 Å². The monoisotopic (exact) mass is 901 g/mol. The summed E-state index contributed by atoms with van der Waals surface area (Å²) in [6.07, 6.45) is -10.2. The maximum atomic E-state index is 14.9. The van der Waals surface area contributed by atoms with E-state index in [0.29, 0.717) is 40.2 Å². The quantitative estimate of drug-likeness (QED) is 0.153. The van der Waals surface area contributed by atoms with Crippen LogP contribution in [0.3, 0.4) is 0 Å². The highest BCUT2D eigenvalue weighted by atomic mass is 19.4. The topological polar surface area (TPSA) is 33.6 Å². The van der Waals surface area contributed by atoms with Gasteiger partial charge in [0.1, 0.15) is 0 Å². The number of halogens is 6. The molecule has 0 spiro atoms. The van der Waals surface area contributed by atoms with E-state index >= 15 is 0 Å². The van der Waals surface area contributed by atoms with E-state index in [1.165, 1.54) is 12.1 Å². The van der Waals surface area contributed by atoms with Gasteiger partial charge in [-0.15, -0.1) is 0 Å². The first-order chi connectivity index (χ1) is 32.8. The summed E-state index contributed by atoms with van der Waals surface area (Å²) in [5.74, 6) is 0. The number of nitrogens with zero attached hydrogens (tertiary/aromatic N) is 3. The Morgan fingerprint density at radius 2 is 0.853 bits per heavy atom. The van der Waals surface area contributed by atoms with Crippen LogP contribution in [0.1, 0.15) is 27.8 Å². The second-order valence-corrected chi connectivity index (χ2v) is 17.2. The van der Waals surface area contributed by atoms with Crippen LogP contribution < -0.4 is 0 Å². The maximum Gasteiger partial charge on any atom is 0.417 e. The van der Waals surface area contributed by atoms with E-state index in [9.17, 15) is 31.6 Å². The minimum atomic E-state index is -5.11. The summed E-state index contributed by atoms with van der Waals surface area (Å²) in [5.41, 5.74) is 7.49. The van der Waals surface area contributed by atoms with E-state index in [4.69, 9.17) is 0 Å².